The summed E-state index contributed by atoms with van der Waals surface area (Å²) in [5.74, 6) is 0.933. The summed E-state index contributed by atoms with van der Waals surface area (Å²) in [5.41, 5.74) is 2.39. The van der Waals surface area contributed by atoms with E-state index in [-0.39, 0.29) is 11.7 Å². The molecular weight excluding hydrogens is 326 g/mol. The van der Waals surface area contributed by atoms with Crippen molar-refractivity contribution < 1.29 is 14.3 Å². The van der Waals surface area contributed by atoms with Crippen molar-refractivity contribution in [3.8, 4) is 5.75 Å². The first-order chi connectivity index (χ1) is 12.5. The van der Waals surface area contributed by atoms with Crippen molar-refractivity contribution in [1.82, 2.24) is 0 Å². The lowest BCUT2D eigenvalue weighted by Gasteiger charge is -2.21. The van der Waals surface area contributed by atoms with Gasteiger partial charge in [-0.3, -0.25) is 9.59 Å². The van der Waals surface area contributed by atoms with Gasteiger partial charge in [-0.05, 0) is 61.6 Å². The molecule has 0 bridgehead atoms. The number of rotatable bonds is 8. The minimum atomic E-state index is -0.576. The quantitative estimate of drug-likeness (QED) is 0.664. The van der Waals surface area contributed by atoms with Crippen LogP contribution < -0.4 is 10.1 Å². The number of nitrogens with one attached hydrogen (secondary N) is 1. The summed E-state index contributed by atoms with van der Waals surface area (Å²) >= 11 is 0. The Balaban J connectivity index is 2.11. The van der Waals surface area contributed by atoms with E-state index in [0.717, 1.165) is 17.7 Å². The molecule has 0 radical (unpaired) electrons. The molecular formula is C22H27NO3. The molecule has 138 valence electrons. The number of Topliss-reactive ketones (excluding diaryl/α,β-unsaturated/α-hetero) is 1. The first kappa shape index (κ1) is 19.7. The SMILES string of the molecule is CCC(Oc1ccccc1C(C)CC)C(=O)Nc1ccc(C(C)=O)cc1. The second-order valence-electron chi connectivity index (χ2n) is 6.48. The zero-order chi connectivity index (χ0) is 19.1. The van der Waals surface area contributed by atoms with Gasteiger partial charge in [-0.1, -0.05) is 39.0 Å². The summed E-state index contributed by atoms with van der Waals surface area (Å²) in [6, 6.07) is 14.8. The van der Waals surface area contributed by atoms with Crippen molar-refractivity contribution in [3.63, 3.8) is 0 Å². The van der Waals surface area contributed by atoms with E-state index in [2.05, 4.69) is 25.2 Å². The van der Waals surface area contributed by atoms with Gasteiger partial charge in [0.2, 0.25) is 0 Å². The van der Waals surface area contributed by atoms with Gasteiger partial charge in [-0.15, -0.1) is 0 Å². The van der Waals surface area contributed by atoms with Gasteiger partial charge in [0.25, 0.3) is 5.91 Å². The molecule has 0 saturated heterocycles. The number of benzene rings is 2. The molecule has 0 aliphatic rings. The van der Waals surface area contributed by atoms with Crippen LogP contribution >= 0.6 is 0 Å². The molecule has 0 aliphatic carbocycles. The number of ether oxygens (including phenoxy) is 1. The summed E-state index contributed by atoms with van der Waals surface area (Å²) in [6.45, 7) is 7.73. The van der Waals surface area contributed by atoms with Crippen LogP contribution in [0.3, 0.4) is 0 Å². The lowest BCUT2D eigenvalue weighted by Crippen LogP contribution is -2.32. The Bertz CT molecular complexity index is 752. The third kappa shape index (κ3) is 4.94. The van der Waals surface area contributed by atoms with Crippen LogP contribution in [0.5, 0.6) is 5.75 Å². The van der Waals surface area contributed by atoms with Crippen molar-refractivity contribution in [2.24, 2.45) is 0 Å². The molecule has 4 nitrogen and oxygen atoms in total. The number of amides is 1. The number of hydrogen-bond acceptors (Lipinski definition) is 3. The van der Waals surface area contributed by atoms with Gasteiger partial charge in [-0.2, -0.15) is 0 Å². The molecule has 4 heteroatoms. The molecule has 2 aromatic carbocycles. The fourth-order valence-corrected chi connectivity index (χ4v) is 2.70. The number of anilines is 1. The van der Waals surface area contributed by atoms with Gasteiger partial charge >= 0.3 is 0 Å². The number of carbonyl (C=O) groups is 2. The van der Waals surface area contributed by atoms with Gasteiger partial charge in [0.15, 0.2) is 11.9 Å². The lowest BCUT2D eigenvalue weighted by molar-refractivity contribution is -0.122. The van der Waals surface area contributed by atoms with Crippen LogP contribution in [-0.4, -0.2) is 17.8 Å². The van der Waals surface area contributed by atoms with Crippen LogP contribution in [0.15, 0.2) is 48.5 Å². The van der Waals surface area contributed by atoms with E-state index >= 15 is 0 Å². The average molecular weight is 353 g/mol. The zero-order valence-electron chi connectivity index (χ0n) is 15.9. The Morgan fingerprint density at radius 3 is 2.23 bits per heavy atom. The highest BCUT2D eigenvalue weighted by atomic mass is 16.5. The van der Waals surface area contributed by atoms with Crippen molar-refractivity contribution in [2.75, 3.05) is 5.32 Å². The normalized spacial score (nSPS) is 12.9. The summed E-state index contributed by atoms with van der Waals surface area (Å²) < 4.78 is 6.05. The summed E-state index contributed by atoms with van der Waals surface area (Å²) in [7, 11) is 0. The Morgan fingerprint density at radius 1 is 1.00 bits per heavy atom. The van der Waals surface area contributed by atoms with Gasteiger partial charge in [0.1, 0.15) is 5.75 Å². The Morgan fingerprint density at radius 2 is 1.65 bits per heavy atom. The molecule has 0 fully saturated rings. The zero-order valence-corrected chi connectivity index (χ0v) is 15.9. The molecule has 26 heavy (non-hydrogen) atoms. The van der Waals surface area contributed by atoms with E-state index in [1.165, 1.54) is 6.92 Å². The molecule has 0 heterocycles. The number of carbonyl (C=O) groups excluding carboxylic acids is 2. The molecule has 1 N–H and O–H groups in total. The predicted molar refractivity (Wildman–Crippen MR) is 105 cm³/mol. The minimum Gasteiger partial charge on any atom is -0.480 e. The van der Waals surface area contributed by atoms with Gasteiger partial charge in [-0.25, -0.2) is 0 Å². The molecule has 1 amide bonds. The third-order valence-corrected chi connectivity index (χ3v) is 4.55. The number of ketones is 1. The third-order valence-electron chi connectivity index (χ3n) is 4.55. The Kier molecular flexibility index (Phi) is 6.96. The molecule has 2 unspecified atom stereocenters. The highest BCUT2D eigenvalue weighted by molar-refractivity contribution is 5.96. The topological polar surface area (TPSA) is 55.4 Å². The largest absolute Gasteiger partial charge is 0.480 e. The number of para-hydroxylation sites is 1. The molecule has 0 saturated carbocycles. The fraction of sp³-hybridized carbons (Fsp3) is 0.364. The smallest absolute Gasteiger partial charge is 0.265 e. The predicted octanol–water partition coefficient (Wildman–Crippen LogP) is 5.20. The molecule has 0 aliphatic heterocycles. The first-order valence-electron chi connectivity index (χ1n) is 9.13. The second kappa shape index (κ2) is 9.18. The maximum Gasteiger partial charge on any atom is 0.265 e. The van der Waals surface area contributed by atoms with Gasteiger partial charge in [0, 0.05) is 11.3 Å². The van der Waals surface area contributed by atoms with E-state index < -0.39 is 6.10 Å². The second-order valence-corrected chi connectivity index (χ2v) is 6.48. The Hall–Kier alpha value is -2.62. The van der Waals surface area contributed by atoms with Crippen LogP contribution in [0.2, 0.25) is 0 Å². The lowest BCUT2D eigenvalue weighted by atomic mass is 9.98. The van der Waals surface area contributed by atoms with Gasteiger partial charge in [0.05, 0.1) is 0 Å². The summed E-state index contributed by atoms with van der Waals surface area (Å²) in [4.78, 5) is 24.0. The van der Waals surface area contributed by atoms with Crippen LogP contribution in [-0.2, 0) is 4.79 Å². The van der Waals surface area contributed by atoms with E-state index in [1.807, 2.05) is 25.1 Å². The average Bonchev–Trinajstić information content (AvgIpc) is 2.66. The van der Waals surface area contributed by atoms with Crippen molar-refractivity contribution in [1.29, 1.82) is 0 Å². The van der Waals surface area contributed by atoms with Crippen molar-refractivity contribution in [2.45, 2.75) is 52.6 Å². The molecule has 2 aromatic rings. The fourth-order valence-electron chi connectivity index (χ4n) is 2.70. The highest BCUT2D eigenvalue weighted by Gasteiger charge is 2.21. The molecule has 2 atom stereocenters. The Labute approximate surface area is 155 Å². The van der Waals surface area contributed by atoms with Crippen LogP contribution in [0.4, 0.5) is 5.69 Å². The highest BCUT2D eigenvalue weighted by Crippen LogP contribution is 2.29. The van der Waals surface area contributed by atoms with Crippen LogP contribution in [0.25, 0.3) is 0 Å². The van der Waals surface area contributed by atoms with Crippen molar-refractivity contribution in [3.05, 3.63) is 59.7 Å². The maximum atomic E-state index is 12.6. The van der Waals surface area contributed by atoms with E-state index in [4.69, 9.17) is 4.74 Å². The van der Waals surface area contributed by atoms with Crippen LogP contribution in [0, 0.1) is 0 Å². The summed E-state index contributed by atoms with van der Waals surface area (Å²) in [5, 5.41) is 2.87. The van der Waals surface area contributed by atoms with E-state index in [1.54, 1.807) is 24.3 Å². The first-order valence-corrected chi connectivity index (χ1v) is 9.13. The minimum absolute atomic E-state index is 0.000652. The number of hydrogen-bond donors (Lipinski definition) is 1. The van der Waals surface area contributed by atoms with E-state index in [0.29, 0.717) is 23.6 Å². The molecule has 2 rings (SSSR count). The molecule has 0 aromatic heterocycles. The van der Waals surface area contributed by atoms with Crippen molar-refractivity contribution >= 4 is 17.4 Å². The maximum absolute atomic E-state index is 12.6. The molecule has 0 spiro atoms. The van der Waals surface area contributed by atoms with Gasteiger partial charge < -0.3 is 10.1 Å². The van der Waals surface area contributed by atoms with E-state index in [9.17, 15) is 9.59 Å². The van der Waals surface area contributed by atoms with Crippen LogP contribution in [0.1, 0.15) is 62.4 Å². The monoisotopic (exact) mass is 353 g/mol. The standard InChI is InChI=1S/C22H27NO3/c1-5-15(3)19-9-7-8-10-21(19)26-20(6-2)22(25)23-18-13-11-17(12-14-18)16(4)24/h7-15,20H,5-6H2,1-4H3,(H,23,25). The summed E-state index contributed by atoms with van der Waals surface area (Å²) in [6.07, 6.45) is 0.991.